The lowest BCUT2D eigenvalue weighted by Gasteiger charge is -2.27. The SMILES string of the molecule is Cn1nc(-c2nc(-c3ccccc3)no2)c2c1CCN(C(=O)c1ccccn1)C2. The lowest BCUT2D eigenvalue weighted by atomic mass is 10.0. The largest absolute Gasteiger partial charge is 0.332 e. The third kappa shape index (κ3) is 3.08. The van der Waals surface area contributed by atoms with Gasteiger partial charge in [0.2, 0.25) is 5.82 Å². The lowest BCUT2D eigenvalue weighted by molar-refractivity contribution is 0.0727. The van der Waals surface area contributed by atoms with E-state index in [4.69, 9.17) is 4.52 Å². The molecule has 0 radical (unpaired) electrons. The summed E-state index contributed by atoms with van der Waals surface area (Å²) in [5, 5.41) is 8.70. The predicted octanol–water partition coefficient (Wildman–Crippen LogP) is 2.73. The third-order valence-electron chi connectivity index (χ3n) is 5.07. The number of fused-ring (bicyclic) bond motifs is 1. The minimum Gasteiger partial charge on any atom is -0.332 e. The quantitative estimate of drug-likeness (QED) is 0.538. The van der Waals surface area contributed by atoms with Crippen LogP contribution in [-0.4, -0.2) is 42.3 Å². The van der Waals surface area contributed by atoms with Crippen molar-refractivity contribution in [1.82, 2.24) is 29.8 Å². The molecule has 4 heterocycles. The van der Waals surface area contributed by atoms with Gasteiger partial charge in [0.1, 0.15) is 5.69 Å². The molecule has 29 heavy (non-hydrogen) atoms. The first-order chi connectivity index (χ1) is 14.2. The van der Waals surface area contributed by atoms with Crippen molar-refractivity contribution >= 4 is 5.91 Å². The molecule has 0 fully saturated rings. The van der Waals surface area contributed by atoms with Crippen molar-refractivity contribution in [2.45, 2.75) is 13.0 Å². The van der Waals surface area contributed by atoms with Gasteiger partial charge in [-0.25, -0.2) is 0 Å². The van der Waals surface area contributed by atoms with Crippen molar-refractivity contribution in [2.75, 3.05) is 6.54 Å². The van der Waals surface area contributed by atoms with Gasteiger partial charge < -0.3 is 9.42 Å². The van der Waals surface area contributed by atoms with Gasteiger partial charge in [0.25, 0.3) is 11.8 Å². The van der Waals surface area contributed by atoms with Crippen LogP contribution in [0, 0.1) is 0 Å². The molecule has 1 aliphatic heterocycles. The van der Waals surface area contributed by atoms with E-state index in [2.05, 4.69) is 20.2 Å². The van der Waals surface area contributed by atoms with Gasteiger partial charge in [0.15, 0.2) is 5.69 Å². The van der Waals surface area contributed by atoms with E-state index in [1.807, 2.05) is 48.1 Å². The first-order valence-electron chi connectivity index (χ1n) is 9.35. The first-order valence-corrected chi connectivity index (χ1v) is 9.35. The average molecular weight is 386 g/mol. The van der Waals surface area contributed by atoms with E-state index in [1.54, 1.807) is 23.2 Å². The summed E-state index contributed by atoms with van der Waals surface area (Å²) in [5.41, 5.74) is 3.94. The van der Waals surface area contributed by atoms with Crippen LogP contribution in [0.2, 0.25) is 0 Å². The van der Waals surface area contributed by atoms with Crippen molar-refractivity contribution in [2.24, 2.45) is 7.05 Å². The Bertz CT molecular complexity index is 1170. The van der Waals surface area contributed by atoms with Gasteiger partial charge >= 0.3 is 0 Å². The zero-order valence-corrected chi connectivity index (χ0v) is 15.8. The standard InChI is InChI=1S/C21H18N6O2/c1-26-17-10-12-27(21(28)16-9-5-6-11-22-16)13-15(17)18(24-26)20-23-19(25-29-20)14-7-3-2-4-8-14/h2-9,11H,10,12-13H2,1H3. The Morgan fingerprint density at radius 3 is 2.72 bits per heavy atom. The first kappa shape index (κ1) is 17.3. The normalized spacial score (nSPS) is 13.3. The summed E-state index contributed by atoms with van der Waals surface area (Å²) in [6, 6.07) is 15.0. The van der Waals surface area contributed by atoms with Crippen molar-refractivity contribution in [3.63, 3.8) is 0 Å². The van der Waals surface area contributed by atoms with E-state index >= 15 is 0 Å². The molecule has 0 unspecified atom stereocenters. The molecular weight excluding hydrogens is 368 g/mol. The fraction of sp³-hybridized carbons (Fsp3) is 0.190. The van der Waals surface area contributed by atoms with Crippen LogP contribution in [0.5, 0.6) is 0 Å². The highest BCUT2D eigenvalue weighted by atomic mass is 16.5. The van der Waals surface area contributed by atoms with Gasteiger partial charge in [-0.15, -0.1) is 0 Å². The zero-order valence-electron chi connectivity index (χ0n) is 15.8. The van der Waals surface area contributed by atoms with Crippen LogP contribution in [0.1, 0.15) is 21.7 Å². The molecule has 8 heteroatoms. The number of carbonyl (C=O) groups is 1. The highest BCUT2D eigenvalue weighted by Crippen LogP contribution is 2.30. The smallest absolute Gasteiger partial charge is 0.279 e. The molecule has 0 bridgehead atoms. The lowest BCUT2D eigenvalue weighted by Crippen LogP contribution is -2.36. The van der Waals surface area contributed by atoms with Gasteiger partial charge in [-0.1, -0.05) is 41.6 Å². The van der Waals surface area contributed by atoms with Crippen LogP contribution >= 0.6 is 0 Å². The Labute approximate surface area is 166 Å². The molecule has 0 atom stereocenters. The van der Waals surface area contributed by atoms with E-state index in [1.165, 1.54) is 0 Å². The molecule has 4 aromatic rings. The van der Waals surface area contributed by atoms with Crippen LogP contribution in [0.25, 0.3) is 23.0 Å². The summed E-state index contributed by atoms with van der Waals surface area (Å²) in [5.74, 6) is 0.770. The number of hydrogen-bond donors (Lipinski definition) is 0. The molecule has 1 amide bonds. The van der Waals surface area contributed by atoms with Crippen LogP contribution in [0.3, 0.4) is 0 Å². The van der Waals surface area contributed by atoms with Gasteiger partial charge in [0.05, 0.1) is 6.54 Å². The maximum atomic E-state index is 12.8. The Balaban J connectivity index is 1.48. The number of carbonyl (C=O) groups excluding carboxylic acids is 1. The van der Waals surface area contributed by atoms with E-state index in [0.29, 0.717) is 42.6 Å². The topological polar surface area (TPSA) is 89.9 Å². The van der Waals surface area contributed by atoms with Crippen LogP contribution in [0.4, 0.5) is 0 Å². The molecule has 0 saturated carbocycles. The van der Waals surface area contributed by atoms with Crippen LogP contribution in [0.15, 0.2) is 59.3 Å². The molecule has 1 aromatic carbocycles. The molecule has 5 rings (SSSR count). The summed E-state index contributed by atoms with van der Waals surface area (Å²) in [7, 11) is 1.90. The summed E-state index contributed by atoms with van der Waals surface area (Å²) in [4.78, 5) is 23.3. The van der Waals surface area contributed by atoms with Gasteiger partial charge in [0, 0.05) is 43.0 Å². The van der Waals surface area contributed by atoms with Crippen molar-refractivity contribution in [3.05, 3.63) is 71.7 Å². The number of rotatable bonds is 3. The Morgan fingerprint density at radius 1 is 1.10 bits per heavy atom. The van der Waals surface area contributed by atoms with E-state index < -0.39 is 0 Å². The molecule has 0 spiro atoms. The third-order valence-corrected chi connectivity index (χ3v) is 5.07. The Hall–Kier alpha value is -3.81. The summed E-state index contributed by atoms with van der Waals surface area (Å²) < 4.78 is 7.35. The molecule has 0 aliphatic carbocycles. The monoisotopic (exact) mass is 386 g/mol. The molecule has 1 aliphatic rings. The molecule has 8 nitrogen and oxygen atoms in total. The fourth-order valence-electron chi connectivity index (χ4n) is 3.61. The minimum absolute atomic E-state index is 0.0958. The molecule has 144 valence electrons. The Kier molecular flexibility index (Phi) is 4.16. The molecule has 3 aromatic heterocycles. The zero-order chi connectivity index (χ0) is 19.8. The maximum absolute atomic E-state index is 12.8. The second-order valence-corrected chi connectivity index (χ2v) is 6.88. The highest BCUT2D eigenvalue weighted by Gasteiger charge is 2.30. The molecule has 0 saturated heterocycles. The van der Waals surface area contributed by atoms with E-state index in [-0.39, 0.29) is 5.91 Å². The van der Waals surface area contributed by atoms with Gasteiger partial charge in [-0.2, -0.15) is 10.1 Å². The van der Waals surface area contributed by atoms with E-state index in [0.717, 1.165) is 16.8 Å². The number of aromatic nitrogens is 5. The van der Waals surface area contributed by atoms with Crippen LogP contribution in [-0.2, 0) is 20.0 Å². The van der Waals surface area contributed by atoms with Crippen LogP contribution < -0.4 is 0 Å². The summed E-state index contributed by atoms with van der Waals surface area (Å²) in [6.07, 6.45) is 2.33. The van der Waals surface area contributed by atoms with Gasteiger partial charge in [-0.05, 0) is 12.1 Å². The average Bonchev–Trinajstić information content (AvgIpc) is 3.39. The number of amides is 1. The number of aryl methyl sites for hydroxylation is 1. The number of benzene rings is 1. The highest BCUT2D eigenvalue weighted by molar-refractivity contribution is 5.92. The van der Waals surface area contributed by atoms with E-state index in [9.17, 15) is 4.79 Å². The Morgan fingerprint density at radius 2 is 1.93 bits per heavy atom. The van der Waals surface area contributed by atoms with Crippen molar-refractivity contribution < 1.29 is 9.32 Å². The van der Waals surface area contributed by atoms with Crippen molar-refractivity contribution in [1.29, 1.82) is 0 Å². The summed E-state index contributed by atoms with van der Waals surface area (Å²) >= 11 is 0. The molecule has 0 N–H and O–H groups in total. The number of pyridine rings is 1. The van der Waals surface area contributed by atoms with Crippen molar-refractivity contribution in [3.8, 4) is 23.0 Å². The second-order valence-electron chi connectivity index (χ2n) is 6.88. The number of nitrogens with zero attached hydrogens (tertiary/aromatic N) is 6. The summed E-state index contributed by atoms with van der Waals surface area (Å²) in [6.45, 7) is 1.04. The predicted molar refractivity (Wildman–Crippen MR) is 105 cm³/mol. The fourth-order valence-corrected chi connectivity index (χ4v) is 3.61. The maximum Gasteiger partial charge on any atom is 0.279 e. The molecular formula is C21H18N6O2. The second kappa shape index (κ2) is 6.97. The minimum atomic E-state index is -0.0958. The van der Waals surface area contributed by atoms with Gasteiger partial charge in [-0.3, -0.25) is 14.5 Å². The number of hydrogen-bond acceptors (Lipinski definition) is 6.